The molecule has 0 aliphatic heterocycles. The van der Waals surface area contributed by atoms with Crippen molar-refractivity contribution in [3.63, 3.8) is 0 Å². The van der Waals surface area contributed by atoms with Gasteiger partial charge in [0.2, 0.25) is 0 Å². The first-order chi connectivity index (χ1) is 19.6. The predicted molar refractivity (Wildman–Crippen MR) is 169 cm³/mol. The molecule has 0 unspecified atom stereocenters. The lowest BCUT2D eigenvalue weighted by Gasteiger charge is -2.22. The minimum atomic E-state index is -0.0819. The lowest BCUT2D eigenvalue weighted by atomic mass is 9.80. The molecule has 0 spiro atoms. The predicted octanol–water partition coefficient (Wildman–Crippen LogP) is 10.4. The number of nitrogens with zero attached hydrogens (tertiary/aromatic N) is 1. The summed E-state index contributed by atoms with van der Waals surface area (Å²) in [7, 11) is 0. The fourth-order valence-electron chi connectivity index (χ4n) is 6.94. The molecule has 0 amide bonds. The molecule has 1 nitrogen and oxygen atoms in total. The number of para-hydroxylation sites is 1. The zero-order chi connectivity index (χ0) is 26.8. The molecule has 190 valence electrons. The highest BCUT2D eigenvalue weighted by atomic mass is 15.0. The summed E-state index contributed by atoms with van der Waals surface area (Å²) in [4.78, 5) is 0. The number of hydrogen-bond acceptors (Lipinski definition) is 0. The third-order valence-corrected chi connectivity index (χ3v) is 8.74. The van der Waals surface area contributed by atoms with E-state index in [1.54, 1.807) is 0 Å². The highest BCUT2D eigenvalue weighted by molar-refractivity contribution is 6.14. The van der Waals surface area contributed by atoms with Gasteiger partial charge in [0.05, 0.1) is 11.0 Å². The highest BCUT2D eigenvalue weighted by Gasteiger charge is 2.37. The SMILES string of the molecule is CC1(C)c2ccccc2-c2ccc3c(c21)c1ccccc1n3-c1cc(-c2ccccc2)cc(-c2ccccc2)c1. The monoisotopic (exact) mass is 511 g/mol. The van der Waals surface area contributed by atoms with Crippen molar-refractivity contribution in [2.45, 2.75) is 19.3 Å². The van der Waals surface area contributed by atoms with Gasteiger partial charge in [-0.1, -0.05) is 123 Å². The smallest absolute Gasteiger partial charge is 0.0544 e. The summed E-state index contributed by atoms with van der Waals surface area (Å²) < 4.78 is 2.48. The molecule has 1 heterocycles. The van der Waals surface area contributed by atoms with Crippen molar-refractivity contribution in [1.82, 2.24) is 4.57 Å². The van der Waals surface area contributed by atoms with E-state index in [1.807, 2.05) is 0 Å². The second kappa shape index (κ2) is 8.56. The summed E-state index contributed by atoms with van der Waals surface area (Å²) in [6.45, 7) is 4.76. The summed E-state index contributed by atoms with van der Waals surface area (Å²) in [5.41, 5.74) is 14.0. The summed E-state index contributed by atoms with van der Waals surface area (Å²) in [5, 5.41) is 2.67. The van der Waals surface area contributed by atoms with Gasteiger partial charge in [0.25, 0.3) is 0 Å². The number of hydrogen-bond donors (Lipinski definition) is 0. The van der Waals surface area contributed by atoms with Gasteiger partial charge in [-0.05, 0) is 74.8 Å². The molecule has 6 aromatic carbocycles. The van der Waals surface area contributed by atoms with E-state index >= 15 is 0 Å². The van der Waals surface area contributed by atoms with Crippen LogP contribution in [0.25, 0.3) is 60.9 Å². The second-order valence-electron chi connectivity index (χ2n) is 11.4. The molecule has 40 heavy (non-hydrogen) atoms. The van der Waals surface area contributed by atoms with Gasteiger partial charge < -0.3 is 4.57 Å². The first kappa shape index (κ1) is 23.0. The van der Waals surface area contributed by atoms with Gasteiger partial charge in [-0.15, -0.1) is 0 Å². The molecule has 0 saturated carbocycles. The van der Waals surface area contributed by atoms with Crippen molar-refractivity contribution in [1.29, 1.82) is 0 Å². The van der Waals surface area contributed by atoms with Crippen molar-refractivity contribution >= 4 is 21.8 Å². The Balaban J connectivity index is 1.47. The Labute approximate surface area is 235 Å². The van der Waals surface area contributed by atoms with Crippen LogP contribution < -0.4 is 0 Å². The topological polar surface area (TPSA) is 4.93 Å². The standard InChI is InChI=1S/C39H29N/c1-39(2)34-19-11-9-17-31(34)32-21-22-36-37(38(32)39)33-18-10-12-20-35(33)40(36)30-24-28(26-13-5-3-6-14-26)23-29(25-30)27-15-7-4-8-16-27/h3-25H,1-2H3. The van der Waals surface area contributed by atoms with E-state index < -0.39 is 0 Å². The van der Waals surface area contributed by atoms with Gasteiger partial charge in [0.1, 0.15) is 0 Å². The number of benzene rings is 6. The van der Waals surface area contributed by atoms with E-state index in [-0.39, 0.29) is 5.41 Å². The van der Waals surface area contributed by atoms with Gasteiger partial charge in [-0.3, -0.25) is 0 Å². The maximum atomic E-state index is 2.48. The molecular weight excluding hydrogens is 482 g/mol. The first-order valence-corrected chi connectivity index (χ1v) is 14.0. The van der Waals surface area contributed by atoms with Crippen LogP contribution in [-0.4, -0.2) is 4.57 Å². The lowest BCUT2D eigenvalue weighted by Crippen LogP contribution is -2.15. The molecule has 1 heteroatoms. The lowest BCUT2D eigenvalue weighted by molar-refractivity contribution is 0.666. The average Bonchev–Trinajstić information content (AvgIpc) is 3.47. The van der Waals surface area contributed by atoms with Crippen LogP contribution in [0, 0.1) is 0 Å². The minimum Gasteiger partial charge on any atom is -0.309 e. The second-order valence-corrected chi connectivity index (χ2v) is 11.4. The van der Waals surface area contributed by atoms with Gasteiger partial charge in [-0.2, -0.15) is 0 Å². The summed E-state index contributed by atoms with van der Waals surface area (Å²) in [6.07, 6.45) is 0. The van der Waals surface area contributed by atoms with E-state index in [2.05, 4.69) is 158 Å². The number of fused-ring (bicyclic) bond motifs is 7. The minimum absolute atomic E-state index is 0.0819. The summed E-state index contributed by atoms with van der Waals surface area (Å²) in [5.74, 6) is 0. The fourth-order valence-corrected chi connectivity index (χ4v) is 6.94. The average molecular weight is 512 g/mol. The highest BCUT2D eigenvalue weighted by Crippen LogP contribution is 2.53. The van der Waals surface area contributed by atoms with Gasteiger partial charge in [-0.25, -0.2) is 0 Å². The van der Waals surface area contributed by atoms with Crippen molar-refractivity contribution in [3.05, 3.63) is 151 Å². The number of aromatic nitrogens is 1. The molecule has 0 atom stereocenters. The maximum absolute atomic E-state index is 2.48. The van der Waals surface area contributed by atoms with Crippen LogP contribution in [0.1, 0.15) is 25.0 Å². The van der Waals surface area contributed by atoms with E-state index in [1.165, 1.54) is 72.0 Å². The molecule has 8 rings (SSSR count). The molecule has 0 bridgehead atoms. The van der Waals surface area contributed by atoms with Crippen molar-refractivity contribution in [2.24, 2.45) is 0 Å². The van der Waals surface area contributed by atoms with Crippen LogP contribution in [0.5, 0.6) is 0 Å². The molecule has 0 N–H and O–H groups in total. The van der Waals surface area contributed by atoms with Gasteiger partial charge in [0.15, 0.2) is 0 Å². The molecule has 0 saturated heterocycles. The Morgan fingerprint density at radius 3 is 1.77 bits per heavy atom. The van der Waals surface area contributed by atoms with Crippen LogP contribution in [0.3, 0.4) is 0 Å². The molecule has 7 aromatic rings. The van der Waals surface area contributed by atoms with Crippen LogP contribution >= 0.6 is 0 Å². The molecule has 0 fully saturated rings. The quantitative estimate of drug-likeness (QED) is 0.222. The first-order valence-electron chi connectivity index (χ1n) is 14.0. The summed E-state index contributed by atoms with van der Waals surface area (Å²) >= 11 is 0. The molecule has 1 aromatic heterocycles. The molecule has 1 aliphatic rings. The Bertz CT molecular complexity index is 2000. The van der Waals surface area contributed by atoms with Gasteiger partial charge in [0, 0.05) is 21.9 Å². The Morgan fingerprint density at radius 1 is 0.475 bits per heavy atom. The van der Waals surface area contributed by atoms with E-state index in [4.69, 9.17) is 0 Å². The molecular formula is C39H29N. The Morgan fingerprint density at radius 2 is 1.07 bits per heavy atom. The third-order valence-electron chi connectivity index (χ3n) is 8.74. The van der Waals surface area contributed by atoms with E-state index in [0.29, 0.717) is 0 Å². The van der Waals surface area contributed by atoms with E-state index in [9.17, 15) is 0 Å². The fraction of sp³-hybridized carbons (Fsp3) is 0.0769. The van der Waals surface area contributed by atoms with Crippen LogP contribution in [0.4, 0.5) is 0 Å². The normalized spacial score (nSPS) is 13.4. The largest absolute Gasteiger partial charge is 0.309 e. The van der Waals surface area contributed by atoms with Crippen molar-refractivity contribution < 1.29 is 0 Å². The Kier molecular flexibility index (Phi) is 4.93. The van der Waals surface area contributed by atoms with Crippen molar-refractivity contribution in [3.8, 4) is 39.1 Å². The summed E-state index contributed by atoms with van der Waals surface area (Å²) in [6, 6.07) is 51.0. The number of rotatable bonds is 3. The molecule has 0 radical (unpaired) electrons. The van der Waals surface area contributed by atoms with Crippen molar-refractivity contribution in [2.75, 3.05) is 0 Å². The van der Waals surface area contributed by atoms with E-state index in [0.717, 1.165) is 0 Å². The van der Waals surface area contributed by atoms with Crippen LogP contribution in [0.15, 0.2) is 140 Å². The Hall–Kier alpha value is -4.88. The maximum Gasteiger partial charge on any atom is 0.0544 e. The third kappa shape index (κ3) is 3.28. The van der Waals surface area contributed by atoms with Crippen LogP contribution in [-0.2, 0) is 5.41 Å². The zero-order valence-corrected chi connectivity index (χ0v) is 22.7. The zero-order valence-electron chi connectivity index (χ0n) is 22.7. The molecule has 1 aliphatic carbocycles. The van der Waals surface area contributed by atoms with Gasteiger partial charge >= 0.3 is 0 Å². The van der Waals surface area contributed by atoms with Crippen LogP contribution in [0.2, 0.25) is 0 Å².